The van der Waals surface area contributed by atoms with Crippen molar-refractivity contribution in [2.45, 2.75) is 26.3 Å². The Morgan fingerprint density at radius 2 is 2.24 bits per heavy atom. The number of amides is 1. The van der Waals surface area contributed by atoms with Crippen molar-refractivity contribution < 1.29 is 4.79 Å². The van der Waals surface area contributed by atoms with Crippen LogP contribution in [-0.2, 0) is 4.79 Å². The van der Waals surface area contributed by atoms with Crippen molar-refractivity contribution in [1.29, 1.82) is 5.26 Å². The second-order valence-corrected chi connectivity index (χ2v) is 4.43. The predicted molar refractivity (Wildman–Crippen MR) is 66.9 cm³/mol. The van der Waals surface area contributed by atoms with Crippen molar-refractivity contribution in [3.05, 3.63) is 23.8 Å². The highest BCUT2D eigenvalue weighted by atomic mass is 16.1. The van der Waals surface area contributed by atoms with Gasteiger partial charge < -0.3 is 10.2 Å². The molecule has 0 unspecified atom stereocenters. The van der Waals surface area contributed by atoms with Crippen LogP contribution in [-0.4, -0.2) is 18.5 Å². The average Bonchev–Trinajstić information content (AvgIpc) is 2.46. The van der Waals surface area contributed by atoms with Crippen molar-refractivity contribution in [1.82, 2.24) is 0 Å². The summed E-state index contributed by atoms with van der Waals surface area (Å²) < 4.78 is 0. The molecule has 4 heteroatoms. The molecule has 1 heterocycles. The van der Waals surface area contributed by atoms with E-state index in [0.29, 0.717) is 24.6 Å². The minimum atomic E-state index is 0.0270. The normalized spacial score (nSPS) is 14.9. The van der Waals surface area contributed by atoms with Gasteiger partial charge in [0, 0.05) is 19.0 Å². The van der Waals surface area contributed by atoms with Crippen LogP contribution in [0.25, 0.3) is 0 Å². The van der Waals surface area contributed by atoms with Gasteiger partial charge in [-0.25, -0.2) is 0 Å². The van der Waals surface area contributed by atoms with Gasteiger partial charge >= 0.3 is 0 Å². The SMILES string of the molecule is CC(C)N1CCC(=O)Nc2ccc(C#N)cc21. The van der Waals surface area contributed by atoms with Crippen molar-refractivity contribution in [2.75, 3.05) is 16.8 Å². The number of hydrogen-bond acceptors (Lipinski definition) is 3. The Morgan fingerprint density at radius 3 is 2.88 bits per heavy atom. The smallest absolute Gasteiger partial charge is 0.226 e. The maximum absolute atomic E-state index is 11.6. The number of nitrogens with one attached hydrogen (secondary N) is 1. The molecule has 1 N–H and O–H groups in total. The first kappa shape index (κ1) is 11.5. The molecular weight excluding hydrogens is 214 g/mol. The molecule has 1 aliphatic rings. The third kappa shape index (κ3) is 2.23. The summed E-state index contributed by atoms with van der Waals surface area (Å²) in [4.78, 5) is 13.7. The molecule has 0 aromatic heterocycles. The lowest BCUT2D eigenvalue weighted by Gasteiger charge is -2.28. The van der Waals surface area contributed by atoms with E-state index in [9.17, 15) is 4.79 Å². The molecule has 17 heavy (non-hydrogen) atoms. The van der Waals surface area contributed by atoms with Gasteiger partial charge in [-0.15, -0.1) is 0 Å². The summed E-state index contributed by atoms with van der Waals surface area (Å²) >= 11 is 0. The van der Waals surface area contributed by atoms with Gasteiger partial charge in [-0.1, -0.05) is 0 Å². The number of anilines is 2. The Labute approximate surface area is 101 Å². The molecule has 0 atom stereocenters. The zero-order valence-corrected chi connectivity index (χ0v) is 10.0. The van der Waals surface area contributed by atoms with Crippen molar-refractivity contribution in [3.8, 4) is 6.07 Å². The Morgan fingerprint density at radius 1 is 1.47 bits per heavy atom. The van der Waals surface area contributed by atoms with E-state index >= 15 is 0 Å². The van der Waals surface area contributed by atoms with Gasteiger partial charge in [0.1, 0.15) is 0 Å². The maximum Gasteiger partial charge on any atom is 0.226 e. The van der Waals surface area contributed by atoms with E-state index in [2.05, 4.69) is 30.1 Å². The van der Waals surface area contributed by atoms with Crippen molar-refractivity contribution in [3.63, 3.8) is 0 Å². The summed E-state index contributed by atoms with van der Waals surface area (Å²) in [5.41, 5.74) is 2.34. The largest absolute Gasteiger partial charge is 0.367 e. The van der Waals surface area contributed by atoms with Crippen LogP contribution in [0.5, 0.6) is 0 Å². The van der Waals surface area contributed by atoms with Crippen molar-refractivity contribution in [2.24, 2.45) is 0 Å². The van der Waals surface area contributed by atoms with E-state index in [-0.39, 0.29) is 5.91 Å². The minimum absolute atomic E-state index is 0.0270. The number of hydrogen-bond donors (Lipinski definition) is 1. The van der Waals surface area contributed by atoms with Gasteiger partial charge in [-0.3, -0.25) is 4.79 Å². The number of nitrogens with zero attached hydrogens (tertiary/aromatic N) is 2. The van der Waals surface area contributed by atoms with E-state index in [4.69, 9.17) is 5.26 Å². The van der Waals surface area contributed by atoms with Crippen LogP contribution in [0.3, 0.4) is 0 Å². The Balaban J connectivity index is 2.50. The fourth-order valence-electron chi connectivity index (χ4n) is 2.04. The molecule has 1 amide bonds. The number of carbonyl (C=O) groups excluding carboxylic acids is 1. The monoisotopic (exact) mass is 229 g/mol. The van der Waals surface area contributed by atoms with Crippen LogP contribution < -0.4 is 10.2 Å². The fraction of sp³-hybridized carbons (Fsp3) is 0.385. The lowest BCUT2D eigenvalue weighted by molar-refractivity contribution is -0.115. The van der Waals surface area contributed by atoms with Crippen LogP contribution in [0.2, 0.25) is 0 Å². The van der Waals surface area contributed by atoms with Crippen LogP contribution >= 0.6 is 0 Å². The molecule has 0 bridgehead atoms. The number of rotatable bonds is 1. The zero-order valence-electron chi connectivity index (χ0n) is 10.0. The molecule has 1 aromatic rings. The second kappa shape index (κ2) is 4.46. The molecule has 4 nitrogen and oxygen atoms in total. The van der Waals surface area contributed by atoms with Gasteiger partial charge in [-0.05, 0) is 32.0 Å². The van der Waals surface area contributed by atoms with E-state index in [1.54, 1.807) is 12.1 Å². The van der Waals surface area contributed by atoms with Gasteiger partial charge in [0.15, 0.2) is 0 Å². The number of fused-ring (bicyclic) bond motifs is 1. The van der Waals surface area contributed by atoms with Crippen LogP contribution in [0.15, 0.2) is 18.2 Å². The lowest BCUT2D eigenvalue weighted by Crippen LogP contribution is -2.31. The molecule has 0 radical (unpaired) electrons. The van der Waals surface area contributed by atoms with E-state index in [1.165, 1.54) is 0 Å². The first-order valence-corrected chi connectivity index (χ1v) is 5.72. The number of benzene rings is 1. The molecule has 1 aliphatic heterocycles. The molecule has 0 aliphatic carbocycles. The summed E-state index contributed by atoms with van der Waals surface area (Å²) in [5.74, 6) is 0.0270. The fourth-order valence-corrected chi connectivity index (χ4v) is 2.04. The Kier molecular flexibility index (Phi) is 3.01. The third-order valence-corrected chi connectivity index (χ3v) is 2.91. The topological polar surface area (TPSA) is 56.1 Å². The Hall–Kier alpha value is -2.02. The summed E-state index contributed by atoms with van der Waals surface area (Å²) in [5, 5.41) is 11.8. The highest BCUT2D eigenvalue weighted by Crippen LogP contribution is 2.31. The molecule has 88 valence electrons. The van der Waals surface area contributed by atoms with E-state index in [0.717, 1.165) is 11.4 Å². The second-order valence-electron chi connectivity index (χ2n) is 4.43. The van der Waals surface area contributed by atoms with Crippen LogP contribution in [0, 0.1) is 11.3 Å². The highest BCUT2D eigenvalue weighted by molar-refractivity contribution is 5.96. The highest BCUT2D eigenvalue weighted by Gasteiger charge is 2.21. The van der Waals surface area contributed by atoms with Gasteiger partial charge in [0.25, 0.3) is 0 Å². The molecule has 0 spiro atoms. The predicted octanol–water partition coefficient (Wildman–Crippen LogP) is 2.12. The minimum Gasteiger partial charge on any atom is -0.367 e. The molecule has 2 rings (SSSR count). The lowest BCUT2D eigenvalue weighted by atomic mass is 10.1. The van der Waals surface area contributed by atoms with Crippen LogP contribution in [0.4, 0.5) is 11.4 Å². The van der Waals surface area contributed by atoms with Crippen molar-refractivity contribution >= 4 is 17.3 Å². The summed E-state index contributed by atoms with van der Waals surface area (Å²) in [7, 11) is 0. The average molecular weight is 229 g/mol. The first-order chi connectivity index (χ1) is 8.11. The van der Waals surface area contributed by atoms with Gasteiger partial charge in [0.05, 0.1) is 23.0 Å². The maximum atomic E-state index is 11.6. The first-order valence-electron chi connectivity index (χ1n) is 5.72. The summed E-state index contributed by atoms with van der Waals surface area (Å²) in [6, 6.07) is 7.79. The Bertz CT molecular complexity index is 488. The zero-order chi connectivity index (χ0) is 12.4. The van der Waals surface area contributed by atoms with Gasteiger partial charge in [0.2, 0.25) is 5.91 Å². The standard InChI is InChI=1S/C13H15N3O/c1-9(2)16-6-5-13(17)15-11-4-3-10(8-14)7-12(11)16/h3-4,7,9H,5-6H2,1-2H3,(H,15,17). The van der Waals surface area contributed by atoms with E-state index in [1.807, 2.05) is 6.07 Å². The van der Waals surface area contributed by atoms with E-state index < -0.39 is 0 Å². The molecule has 0 fully saturated rings. The summed E-state index contributed by atoms with van der Waals surface area (Å²) in [6.07, 6.45) is 0.481. The van der Waals surface area contributed by atoms with Crippen LogP contribution in [0.1, 0.15) is 25.8 Å². The quantitative estimate of drug-likeness (QED) is 0.802. The molecule has 0 saturated heterocycles. The molecule has 1 aromatic carbocycles. The number of carbonyl (C=O) groups is 1. The molecule has 0 saturated carbocycles. The van der Waals surface area contributed by atoms with Gasteiger partial charge in [-0.2, -0.15) is 5.26 Å². The number of nitriles is 1. The molecular formula is C13H15N3O. The summed E-state index contributed by atoms with van der Waals surface area (Å²) in [6.45, 7) is 4.85. The third-order valence-electron chi connectivity index (χ3n) is 2.91.